The van der Waals surface area contributed by atoms with Gasteiger partial charge < -0.3 is 4.90 Å². The number of hydrogen-bond donors (Lipinski definition) is 0. The fraction of sp³-hybridized carbons (Fsp3) is 0.875. The summed E-state index contributed by atoms with van der Waals surface area (Å²) in [6.07, 6.45) is 0.574. The molecule has 0 rings (SSSR count). The van der Waals surface area contributed by atoms with Gasteiger partial charge >= 0.3 is 0 Å². The van der Waals surface area contributed by atoms with Gasteiger partial charge in [-0.2, -0.15) is 4.39 Å². The van der Waals surface area contributed by atoms with E-state index in [1.165, 1.54) is 0 Å². The van der Waals surface area contributed by atoms with Crippen molar-refractivity contribution in [2.75, 3.05) is 13.6 Å². The Morgan fingerprint density at radius 1 is 1.55 bits per heavy atom. The number of halogens is 1. The molecule has 0 spiro atoms. The Morgan fingerprint density at radius 2 is 2.09 bits per heavy atom. The van der Waals surface area contributed by atoms with Gasteiger partial charge in [-0.3, -0.25) is 0 Å². The summed E-state index contributed by atoms with van der Waals surface area (Å²) >= 11 is 0. The highest BCUT2D eigenvalue weighted by Gasteiger charge is 2.10. The van der Waals surface area contributed by atoms with Crippen molar-refractivity contribution in [1.29, 1.82) is 0 Å². The van der Waals surface area contributed by atoms with Crippen molar-refractivity contribution < 1.29 is 4.39 Å². The number of aliphatic imine (C=N–C) groups is 1. The largest absolute Gasteiger partial charge is 0.333 e. The molecule has 0 fully saturated rings. The van der Waals surface area contributed by atoms with Crippen LogP contribution in [0.15, 0.2) is 4.99 Å². The van der Waals surface area contributed by atoms with E-state index in [1.54, 1.807) is 11.9 Å². The van der Waals surface area contributed by atoms with Crippen molar-refractivity contribution in [3.05, 3.63) is 0 Å². The Morgan fingerprint density at radius 3 is 2.45 bits per heavy atom. The summed E-state index contributed by atoms with van der Waals surface area (Å²) in [5.41, 5.74) is 0. The minimum Gasteiger partial charge on any atom is -0.333 e. The van der Waals surface area contributed by atoms with Crippen LogP contribution in [-0.2, 0) is 0 Å². The van der Waals surface area contributed by atoms with E-state index in [2.05, 4.69) is 4.99 Å². The van der Waals surface area contributed by atoms with Gasteiger partial charge in [0.05, 0.1) is 0 Å². The first-order valence-electron chi connectivity index (χ1n) is 4.06. The summed E-state index contributed by atoms with van der Waals surface area (Å²) in [4.78, 5) is 5.23. The van der Waals surface area contributed by atoms with E-state index in [9.17, 15) is 4.39 Å². The van der Waals surface area contributed by atoms with E-state index in [1.807, 2.05) is 20.8 Å². The molecule has 0 radical (unpaired) electrons. The predicted octanol–water partition coefficient (Wildman–Crippen LogP) is 2.06. The fourth-order valence-electron chi connectivity index (χ4n) is 0.698. The van der Waals surface area contributed by atoms with Crippen LogP contribution in [0.5, 0.6) is 0 Å². The predicted molar refractivity (Wildman–Crippen MR) is 46.6 cm³/mol. The van der Waals surface area contributed by atoms with Crippen molar-refractivity contribution in [1.82, 2.24) is 4.90 Å². The molecule has 0 saturated carbocycles. The molecular formula is C8H17FN2. The molecular weight excluding hydrogens is 143 g/mol. The van der Waals surface area contributed by atoms with Gasteiger partial charge in [-0.15, -0.1) is 0 Å². The molecule has 1 unspecified atom stereocenters. The Balaban J connectivity index is 4.00. The van der Waals surface area contributed by atoms with Crippen molar-refractivity contribution in [3.8, 4) is 0 Å². The maximum atomic E-state index is 12.9. The third kappa shape index (κ3) is 3.35. The molecule has 66 valence electrons. The standard InChI is InChI=1S/C8H17FN2/c1-5-7(3)11(4)8(9)10-6-2/h7H,5-6H2,1-4H3. The van der Waals surface area contributed by atoms with Crippen LogP contribution in [0.3, 0.4) is 0 Å². The van der Waals surface area contributed by atoms with E-state index >= 15 is 0 Å². The number of rotatable bonds is 3. The first-order valence-corrected chi connectivity index (χ1v) is 4.06. The van der Waals surface area contributed by atoms with Gasteiger partial charge in [-0.1, -0.05) is 6.92 Å². The van der Waals surface area contributed by atoms with Crippen molar-refractivity contribution in [2.24, 2.45) is 4.99 Å². The van der Waals surface area contributed by atoms with Crippen LogP contribution in [-0.4, -0.2) is 30.6 Å². The second kappa shape index (κ2) is 5.10. The first kappa shape index (κ1) is 10.4. The number of nitrogens with zero attached hydrogens (tertiary/aromatic N) is 2. The summed E-state index contributed by atoms with van der Waals surface area (Å²) < 4.78 is 12.9. The van der Waals surface area contributed by atoms with Crippen LogP contribution in [0.2, 0.25) is 0 Å². The van der Waals surface area contributed by atoms with Crippen molar-refractivity contribution >= 4 is 6.09 Å². The van der Waals surface area contributed by atoms with Gasteiger partial charge in [0.2, 0.25) is 0 Å². The molecule has 0 aliphatic heterocycles. The molecule has 0 N–H and O–H groups in total. The molecule has 0 bridgehead atoms. The minimum absolute atomic E-state index is 0.227. The lowest BCUT2D eigenvalue weighted by molar-refractivity contribution is 0.346. The second-order valence-corrected chi connectivity index (χ2v) is 2.61. The summed E-state index contributed by atoms with van der Waals surface area (Å²) in [6, 6.07) is 0.227. The summed E-state index contributed by atoms with van der Waals surface area (Å²) in [5, 5.41) is 0. The Bertz CT molecular complexity index is 134. The molecule has 0 aromatic carbocycles. The zero-order valence-electron chi connectivity index (χ0n) is 7.76. The van der Waals surface area contributed by atoms with E-state index in [0.717, 1.165) is 6.42 Å². The van der Waals surface area contributed by atoms with E-state index < -0.39 is 0 Å². The molecule has 11 heavy (non-hydrogen) atoms. The average Bonchev–Trinajstić information content (AvgIpc) is 2.02. The first-order chi connectivity index (χ1) is 5.13. The summed E-state index contributed by atoms with van der Waals surface area (Å²) in [7, 11) is 1.72. The average molecular weight is 160 g/mol. The van der Waals surface area contributed by atoms with E-state index in [0.29, 0.717) is 6.54 Å². The maximum absolute atomic E-state index is 12.9. The van der Waals surface area contributed by atoms with E-state index in [4.69, 9.17) is 0 Å². The highest BCUT2D eigenvalue weighted by molar-refractivity contribution is 5.72. The maximum Gasteiger partial charge on any atom is 0.280 e. The van der Waals surface area contributed by atoms with Gasteiger partial charge in [-0.25, -0.2) is 4.99 Å². The molecule has 0 aromatic heterocycles. The SMILES string of the molecule is CCN=C(F)N(C)C(C)CC. The lowest BCUT2D eigenvalue weighted by Crippen LogP contribution is -2.32. The Labute approximate surface area is 68.1 Å². The summed E-state index contributed by atoms with van der Waals surface area (Å²) in [6.45, 7) is 6.34. The summed E-state index contributed by atoms with van der Waals surface area (Å²) in [5.74, 6) is 0. The molecule has 2 nitrogen and oxygen atoms in total. The molecule has 0 aliphatic carbocycles. The topological polar surface area (TPSA) is 15.6 Å². The van der Waals surface area contributed by atoms with Crippen LogP contribution < -0.4 is 0 Å². The fourth-order valence-corrected chi connectivity index (χ4v) is 0.698. The van der Waals surface area contributed by atoms with Crippen LogP contribution >= 0.6 is 0 Å². The molecule has 1 atom stereocenters. The molecule has 0 aliphatic rings. The zero-order valence-corrected chi connectivity index (χ0v) is 7.76. The zero-order chi connectivity index (χ0) is 8.85. The van der Waals surface area contributed by atoms with Crippen molar-refractivity contribution in [2.45, 2.75) is 33.2 Å². The smallest absolute Gasteiger partial charge is 0.280 e. The van der Waals surface area contributed by atoms with Gasteiger partial charge in [0.1, 0.15) is 0 Å². The molecule has 0 heterocycles. The van der Waals surface area contributed by atoms with Gasteiger partial charge in [0.25, 0.3) is 6.09 Å². The Hall–Kier alpha value is -0.600. The third-order valence-electron chi connectivity index (χ3n) is 1.83. The highest BCUT2D eigenvalue weighted by atomic mass is 19.1. The monoisotopic (exact) mass is 160 g/mol. The molecule has 3 heteroatoms. The second-order valence-electron chi connectivity index (χ2n) is 2.61. The Kier molecular flexibility index (Phi) is 4.83. The van der Waals surface area contributed by atoms with Crippen LogP contribution in [0, 0.1) is 0 Å². The van der Waals surface area contributed by atoms with Crippen LogP contribution in [0.1, 0.15) is 27.2 Å². The number of amidine groups is 1. The number of hydrogen-bond acceptors (Lipinski definition) is 1. The lowest BCUT2D eigenvalue weighted by Gasteiger charge is -2.22. The van der Waals surface area contributed by atoms with Crippen LogP contribution in [0.4, 0.5) is 4.39 Å². The minimum atomic E-state index is -0.359. The lowest BCUT2D eigenvalue weighted by atomic mass is 10.2. The quantitative estimate of drug-likeness (QED) is 0.350. The molecule has 0 saturated heterocycles. The molecule has 0 amide bonds. The van der Waals surface area contributed by atoms with Gasteiger partial charge in [0.15, 0.2) is 0 Å². The van der Waals surface area contributed by atoms with Gasteiger partial charge in [-0.05, 0) is 20.3 Å². The van der Waals surface area contributed by atoms with Gasteiger partial charge in [0, 0.05) is 19.6 Å². The molecule has 0 aromatic rings. The van der Waals surface area contributed by atoms with Crippen LogP contribution in [0.25, 0.3) is 0 Å². The highest BCUT2D eigenvalue weighted by Crippen LogP contribution is 2.02. The third-order valence-corrected chi connectivity index (χ3v) is 1.83. The van der Waals surface area contributed by atoms with E-state index in [-0.39, 0.29) is 12.1 Å². The normalized spacial score (nSPS) is 14.8. The van der Waals surface area contributed by atoms with Crippen molar-refractivity contribution in [3.63, 3.8) is 0 Å².